The van der Waals surface area contributed by atoms with Crippen LogP contribution >= 0.6 is 11.3 Å². The molecule has 0 bridgehead atoms. The van der Waals surface area contributed by atoms with Crippen LogP contribution in [0.1, 0.15) is 9.67 Å². The van der Waals surface area contributed by atoms with Crippen LogP contribution in [0.5, 0.6) is 11.5 Å². The van der Waals surface area contributed by atoms with Crippen LogP contribution < -0.4 is 20.5 Å². The molecule has 0 aliphatic carbocycles. The van der Waals surface area contributed by atoms with Gasteiger partial charge in [0.2, 0.25) is 6.79 Å². The molecule has 2 aromatic carbocycles. The number of amides is 1. The molecule has 144 valence electrons. The fraction of sp³-hybridized carbons (Fsp3) is 0.0476. The summed E-state index contributed by atoms with van der Waals surface area (Å²) in [7, 11) is 0. The first-order valence-corrected chi connectivity index (χ1v) is 9.56. The lowest BCUT2D eigenvalue weighted by Gasteiger charge is -2.05. The van der Waals surface area contributed by atoms with Crippen molar-refractivity contribution >= 4 is 38.8 Å². The Morgan fingerprint density at radius 3 is 2.69 bits per heavy atom. The van der Waals surface area contributed by atoms with Gasteiger partial charge in [0.05, 0.1) is 11.4 Å². The molecule has 4 aromatic rings. The van der Waals surface area contributed by atoms with E-state index in [1.54, 1.807) is 36.4 Å². The Kier molecular flexibility index (Phi) is 4.06. The van der Waals surface area contributed by atoms with Crippen molar-refractivity contribution in [2.45, 2.75) is 0 Å². The van der Waals surface area contributed by atoms with E-state index in [1.807, 2.05) is 6.07 Å². The molecule has 1 aliphatic heterocycles. The third kappa shape index (κ3) is 3.13. The lowest BCUT2D eigenvalue weighted by atomic mass is 10.1. The number of nitrogens with one attached hydrogen (secondary N) is 1. The molecule has 1 amide bonds. The summed E-state index contributed by atoms with van der Waals surface area (Å²) in [5.41, 5.74) is 8.63. The Balaban J connectivity index is 1.46. The SMILES string of the molecule is Nc1c(C(=O)Nc2ccc3c(c2)OCO3)sc2nc(-c3ccc(F)cc3)ccc12. The molecular weight excluding hydrogens is 393 g/mol. The fourth-order valence-corrected chi connectivity index (χ4v) is 4.10. The quantitative estimate of drug-likeness (QED) is 0.516. The number of nitrogen functional groups attached to an aromatic ring is 1. The van der Waals surface area contributed by atoms with E-state index in [9.17, 15) is 9.18 Å². The van der Waals surface area contributed by atoms with Crippen molar-refractivity contribution in [1.82, 2.24) is 4.98 Å². The largest absolute Gasteiger partial charge is 0.454 e. The zero-order chi connectivity index (χ0) is 20.0. The number of pyridine rings is 1. The van der Waals surface area contributed by atoms with Crippen LogP contribution in [0.2, 0.25) is 0 Å². The van der Waals surface area contributed by atoms with Crippen molar-refractivity contribution < 1.29 is 18.7 Å². The Morgan fingerprint density at radius 2 is 1.86 bits per heavy atom. The highest BCUT2D eigenvalue weighted by Gasteiger charge is 2.19. The molecule has 0 unspecified atom stereocenters. The van der Waals surface area contributed by atoms with Gasteiger partial charge in [-0.25, -0.2) is 9.37 Å². The van der Waals surface area contributed by atoms with E-state index in [4.69, 9.17) is 15.2 Å². The maximum absolute atomic E-state index is 13.2. The van der Waals surface area contributed by atoms with Gasteiger partial charge < -0.3 is 20.5 Å². The summed E-state index contributed by atoms with van der Waals surface area (Å²) in [4.78, 5) is 18.4. The molecule has 0 saturated heterocycles. The Morgan fingerprint density at radius 1 is 1.07 bits per heavy atom. The molecule has 0 atom stereocenters. The number of ether oxygens (including phenoxy) is 2. The molecule has 0 radical (unpaired) electrons. The molecule has 3 heterocycles. The number of carbonyl (C=O) groups is 1. The van der Waals surface area contributed by atoms with Crippen LogP contribution in [0.4, 0.5) is 15.8 Å². The lowest BCUT2D eigenvalue weighted by Crippen LogP contribution is -2.11. The van der Waals surface area contributed by atoms with E-state index < -0.39 is 0 Å². The predicted molar refractivity (Wildman–Crippen MR) is 110 cm³/mol. The zero-order valence-corrected chi connectivity index (χ0v) is 15.8. The van der Waals surface area contributed by atoms with Crippen LogP contribution in [0, 0.1) is 5.82 Å². The normalized spacial score (nSPS) is 12.3. The van der Waals surface area contributed by atoms with Crippen molar-refractivity contribution in [2.75, 3.05) is 17.8 Å². The monoisotopic (exact) mass is 407 g/mol. The number of aromatic nitrogens is 1. The maximum Gasteiger partial charge on any atom is 0.267 e. The molecule has 0 spiro atoms. The Bertz CT molecular complexity index is 1250. The van der Waals surface area contributed by atoms with E-state index >= 15 is 0 Å². The summed E-state index contributed by atoms with van der Waals surface area (Å²) in [5.74, 6) is 0.588. The summed E-state index contributed by atoms with van der Waals surface area (Å²) >= 11 is 1.21. The van der Waals surface area contributed by atoms with Crippen molar-refractivity contribution in [2.24, 2.45) is 0 Å². The fourth-order valence-electron chi connectivity index (χ4n) is 3.11. The van der Waals surface area contributed by atoms with Crippen molar-refractivity contribution in [1.29, 1.82) is 0 Å². The number of nitrogens with two attached hydrogens (primary N) is 1. The molecule has 0 saturated carbocycles. The number of thiophene rings is 1. The second-order valence-corrected chi connectivity index (χ2v) is 7.42. The molecular formula is C21H14FN3O3S. The number of rotatable bonds is 3. The third-order valence-electron chi connectivity index (χ3n) is 4.57. The molecule has 1 aliphatic rings. The second-order valence-electron chi connectivity index (χ2n) is 6.42. The number of hydrogen-bond acceptors (Lipinski definition) is 6. The van der Waals surface area contributed by atoms with Crippen LogP contribution in [0.15, 0.2) is 54.6 Å². The minimum Gasteiger partial charge on any atom is -0.454 e. The number of fused-ring (bicyclic) bond motifs is 2. The van der Waals surface area contributed by atoms with Crippen LogP contribution in [0.3, 0.4) is 0 Å². The average molecular weight is 407 g/mol. The summed E-state index contributed by atoms with van der Waals surface area (Å²) < 4.78 is 23.8. The summed E-state index contributed by atoms with van der Waals surface area (Å²) in [6.45, 7) is 0.165. The zero-order valence-electron chi connectivity index (χ0n) is 14.9. The van der Waals surface area contributed by atoms with E-state index in [0.717, 1.165) is 5.56 Å². The molecule has 29 heavy (non-hydrogen) atoms. The van der Waals surface area contributed by atoms with Gasteiger partial charge >= 0.3 is 0 Å². The first-order valence-electron chi connectivity index (χ1n) is 8.74. The number of carbonyl (C=O) groups excluding carboxylic acids is 1. The van der Waals surface area contributed by atoms with Crippen molar-refractivity contribution in [3.8, 4) is 22.8 Å². The van der Waals surface area contributed by atoms with Crippen LogP contribution in [0.25, 0.3) is 21.5 Å². The highest BCUT2D eigenvalue weighted by molar-refractivity contribution is 7.21. The first-order chi connectivity index (χ1) is 14.1. The lowest BCUT2D eigenvalue weighted by molar-refractivity contribution is 0.103. The van der Waals surface area contributed by atoms with E-state index in [2.05, 4.69) is 10.3 Å². The summed E-state index contributed by atoms with van der Waals surface area (Å²) in [6.07, 6.45) is 0. The van der Waals surface area contributed by atoms with Gasteiger partial charge in [-0.15, -0.1) is 11.3 Å². The Hall–Kier alpha value is -3.65. The van der Waals surface area contributed by atoms with Gasteiger partial charge in [-0.1, -0.05) is 0 Å². The molecule has 8 heteroatoms. The minimum absolute atomic E-state index is 0.165. The highest BCUT2D eigenvalue weighted by atomic mass is 32.1. The van der Waals surface area contributed by atoms with Gasteiger partial charge in [0.15, 0.2) is 11.5 Å². The second kappa shape index (κ2) is 6.75. The van der Waals surface area contributed by atoms with Gasteiger partial charge in [0, 0.05) is 22.7 Å². The number of nitrogens with zero attached hydrogens (tertiary/aromatic N) is 1. The summed E-state index contributed by atoms with van der Waals surface area (Å²) in [5, 5.41) is 3.53. The maximum atomic E-state index is 13.2. The van der Waals surface area contributed by atoms with E-state index in [-0.39, 0.29) is 18.5 Å². The van der Waals surface area contributed by atoms with Crippen LogP contribution in [-0.4, -0.2) is 17.7 Å². The van der Waals surface area contributed by atoms with Gasteiger partial charge in [-0.2, -0.15) is 0 Å². The molecule has 0 fully saturated rings. The van der Waals surface area contributed by atoms with Gasteiger partial charge in [0.25, 0.3) is 5.91 Å². The summed E-state index contributed by atoms with van der Waals surface area (Å²) in [6, 6.07) is 14.9. The smallest absolute Gasteiger partial charge is 0.267 e. The predicted octanol–water partition coefficient (Wildman–Crippen LogP) is 4.67. The number of anilines is 2. The van der Waals surface area contributed by atoms with Crippen LogP contribution in [-0.2, 0) is 0 Å². The standard InChI is InChI=1S/C21H14FN3O3S/c22-12-3-1-11(2-4-12)15-7-6-14-18(23)19(29-21(14)25-15)20(26)24-13-5-8-16-17(9-13)28-10-27-16/h1-9H,10,23H2,(H,24,26). The van der Waals surface area contributed by atoms with Crippen molar-refractivity contribution in [3.63, 3.8) is 0 Å². The van der Waals surface area contributed by atoms with E-state index in [0.29, 0.717) is 43.7 Å². The number of halogens is 1. The molecule has 3 N–H and O–H groups in total. The topological polar surface area (TPSA) is 86.5 Å². The highest BCUT2D eigenvalue weighted by Crippen LogP contribution is 2.37. The number of hydrogen-bond donors (Lipinski definition) is 2. The minimum atomic E-state index is -0.326. The average Bonchev–Trinajstić information content (AvgIpc) is 3.32. The van der Waals surface area contributed by atoms with E-state index in [1.165, 1.54) is 23.5 Å². The molecule has 6 nitrogen and oxygen atoms in total. The van der Waals surface area contributed by atoms with Crippen molar-refractivity contribution in [3.05, 3.63) is 65.3 Å². The first kappa shape index (κ1) is 17.4. The Labute approximate surface area is 168 Å². The molecule has 5 rings (SSSR count). The number of benzene rings is 2. The van der Waals surface area contributed by atoms with Gasteiger partial charge in [-0.05, 0) is 48.5 Å². The van der Waals surface area contributed by atoms with Gasteiger partial charge in [-0.3, -0.25) is 4.79 Å². The third-order valence-corrected chi connectivity index (χ3v) is 5.68. The van der Waals surface area contributed by atoms with Gasteiger partial charge in [0.1, 0.15) is 15.5 Å². The molecule has 2 aromatic heterocycles.